The van der Waals surface area contributed by atoms with Gasteiger partial charge in [-0.05, 0) is 43.2 Å². The van der Waals surface area contributed by atoms with Crippen LogP contribution in [0.5, 0.6) is 0 Å². The molecule has 0 bridgehead atoms. The lowest BCUT2D eigenvalue weighted by atomic mass is 10.0. The molecule has 0 radical (unpaired) electrons. The Kier molecular flexibility index (Phi) is 4.39. The number of nitrogens with zero attached hydrogens (tertiary/aromatic N) is 2. The van der Waals surface area contributed by atoms with Crippen LogP contribution in [-0.2, 0) is 11.2 Å². The van der Waals surface area contributed by atoms with E-state index in [4.69, 9.17) is 5.26 Å². The van der Waals surface area contributed by atoms with Crippen molar-refractivity contribution in [1.29, 1.82) is 5.26 Å². The maximum absolute atomic E-state index is 12.4. The molecule has 21 heavy (non-hydrogen) atoms. The monoisotopic (exact) mass is 278 g/mol. The number of hydrogen-bond acceptors (Lipinski definition) is 2. The number of likely N-dealkylation sites (N-methyl/N-ethyl adjacent to an activating group) is 1. The van der Waals surface area contributed by atoms with Crippen LogP contribution in [-0.4, -0.2) is 13.0 Å². The smallest absolute Gasteiger partial charge is 0.231 e. The summed E-state index contributed by atoms with van der Waals surface area (Å²) in [7, 11) is 1.74. The number of amides is 1. The van der Waals surface area contributed by atoms with Crippen molar-refractivity contribution in [2.75, 3.05) is 11.9 Å². The second-order valence-corrected chi connectivity index (χ2v) is 5.22. The third-order valence-corrected chi connectivity index (χ3v) is 3.58. The van der Waals surface area contributed by atoms with Gasteiger partial charge in [-0.15, -0.1) is 0 Å². The number of carbonyl (C=O) groups excluding carboxylic acids is 1. The van der Waals surface area contributed by atoms with Crippen molar-refractivity contribution >= 4 is 11.6 Å². The highest BCUT2D eigenvalue weighted by atomic mass is 16.2. The van der Waals surface area contributed by atoms with E-state index in [9.17, 15) is 4.79 Å². The number of aryl methyl sites for hydroxylation is 2. The second-order valence-electron chi connectivity index (χ2n) is 5.22. The molecule has 0 aromatic heterocycles. The first-order valence-electron chi connectivity index (χ1n) is 6.84. The number of hydrogen-bond donors (Lipinski definition) is 0. The van der Waals surface area contributed by atoms with Gasteiger partial charge in [-0.2, -0.15) is 5.26 Å². The van der Waals surface area contributed by atoms with Gasteiger partial charge in [0.25, 0.3) is 0 Å². The fourth-order valence-electron chi connectivity index (χ4n) is 2.20. The lowest BCUT2D eigenvalue weighted by molar-refractivity contribution is -0.117. The van der Waals surface area contributed by atoms with E-state index in [1.807, 2.05) is 38.1 Å². The first-order chi connectivity index (χ1) is 10.0. The SMILES string of the molecule is Cc1ccc(C)c(CC(=O)N(C)c2cccc(C#N)c2)c1. The van der Waals surface area contributed by atoms with E-state index in [0.717, 1.165) is 22.4 Å². The Hall–Kier alpha value is -2.60. The van der Waals surface area contributed by atoms with Crippen molar-refractivity contribution in [3.05, 3.63) is 64.7 Å². The molecule has 0 N–H and O–H groups in total. The molecule has 0 atom stereocenters. The Morgan fingerprint density at radius 3 is 2.67 bits per heavy atom. The Morgan fingerprint density at radius 1 is 1.19 bits per heavy atom. The van der Waals surface area contributed by atoms with Crippen LogP contribution < -0.4 is 4.90 Å². The summed E-state index contributed by atoms with van der Waals surface area (Å²) in [5.41, 5.74) is 4.61. The van der Waals surface area contributed by atoms with Crippen molar-refractivity contribution in [2.45, 2.75) is 20.3 Å². The highest BCUT2D eigenvalue weighted by Crippen LogP contribution is 2.17. The predicted octanol–water partition coefficient (Wildman–Crippen LogP) is 3.38. The molecule has 2 aromatic carbocycles. The lowest BCUT2D eigenvalue weighted by Gasteiger charge is -2.18. The molecule has 0 unspecified atom stereocenters. The molecule has 0 aliphatic heterocycles. The fraction of sp³-hybridized carbons (Fsp3) is 0.222. The zero-order valence-corrected chi connectivity index (χ0v) is 12.6. The van der Waals surface area contributed by atoms with Crippen LogP contribution in [0, 0.1) is 25.2 Å². The summed E-state index contributed by atoms with van der Waals surface area (Å²) in [5.74, 6) is 0.0128. The van der Waals surface area contributed by atoms with Crippen LogP contribution in [0.15, 0.2) is 42.5 Å². The van der Waals surface area contributed by atoms with Gasteiger partial charge in [0.05, 0.1) is 18.1 Å². The molecule has 0 spiro atoms. The Balaban J connectivity index is 2.19. The molecule has 3 nitrogen and oxygen atoms in total. The summed E-state index contributed by atoms with van der Waals surface area (Å²) >= 11 is 0. The van der Waals surface area contributed by atoms with E-state index in [2.05, 4.69) is 6.07 Å². The minimum absolute atomic E-state index is 0.0128. The number of benzene rings is 2. The molecule has 2 aromatic rings. The quantitative estimate of drug-likeness (QED) is 0.864. The highest BCUT2D eigenvalue weighted by Gasteiger charge is 2.13. The minimum atomic E-state index is 0.0128. The average Bonchev–Trinajstić information content (AvgIpc) is 2.50. The van der Waals surface area contributed by atoms with E-state index in [1.54, 1.807) is 30.1 Å². The summed E-state index contributed by atoms with van der Waals surface area (Å²) in [5, 5.41) is 8.93. The normalized spacial score (nSPS) is 10.0. The Labute approximate surface area is 125 Å². The van der Waals surface area contributed by atoms with Gasteiger partial charge in [-0.1, -0.05) is 29.8 Å². The van der Waals surface area contributed by atoms with Crippen LogP contribution >= 0.6 is 0 Å². The van der Waals surface area contributed by atoms with Crippen molar-refractivity contribution < 1.29 is 4.79 Å². The molecule has 0 heterocycles. The largest absolute Gasteiger partial charge is 0.315 e. The van der Waals surface area contributed by atoms with Crippen LogP contribution in [0.4, 0.5) is 5.69 Å². The predicted molar refractivity (Wildman–Crippen MR) is 84.2 cm³/mol. The standard InChI is InChI=1S/C18H18N2O/c1-13-7-8-14(2)16(9-13)11-18(21)20(3)17-6-4-5-15(10-17)12-19/h4-10H,11H2,1-3H3. The van der Waals surface area contributed by atoms with Gasteiger partial charge in [-0.25, -0.2) is 0 Å². The van der Waals surface area contributed by atoms with Gasteiger partial charge < -0.3 is 4.90 Å². The van der Waals surface area contributed by atoms with Gasteiger partial charge in [0.2, 0.25) is 5.91 Å². The minimum Gasteiger partial charge on any atom is -0.315 e. The molecule has 0 saturated heterocycles. The highest BCUT2D eigenvalue weighted by molar-refractivity contribution is 5.94. The van der Waals surface area contributed by atoms with E-state index in [1.165, 1.54) is 0 Å². The first-order valence-corrected chi connectivity index (χ1v) is 6.84. The molecule has 1 amide bonds. The van der Waals surface area contributed by atoms with Crippen LogP contribution in [0.2, 0.25) is 0 Å². The molecule has 3 heteroatoms. The van der Waals surface area contributed by atoms with Crippen molar-refractivity contribution in [3.8, 4) is 6.07 Å². The van der Waals surface area contributed by atoms with Gasteiger partial charge in [-0.3, -0.25) is 4.79 Å². The molecule has 106 valence electrons. The third-order valence-electron chi connectivity index (χ3n) is 3.58. The van der Waals surface area contributed by atoms with E-state index in [-0.39, 0.29) is 5.91 Å². The third kappa shape index (κ3) is 3.49. The fourth-order valence-corrected chi connectivity index (χ4v) is 2.20. The maximum atomic E-state index is 12.4. The molecule has 2 rings (SSSR count). The maximum Gasteiger partial charge on any atom is 0.231 e. The topological polar surface area (TPSA) is 44.1 Å². The van der Waals surface area contributed by atoms with Crippen molar-refractivity contribution in [2.24, 2.45) is 0 Å². The van der Waals surface area contributed by atoms with Crippen LogP contribution in [0.1, 0.15) is 22.3 Å². The second kappa shape index (κ2) is 6.23. The molecule has 0 aliphatic rings. The average molecular weight is 278 g/mol. The molecule has 0 fully saturated rings. The molecule has 0 aliphatic carbocycles. The molecule has 0 saturated carbocycles. The Morgan fingerprint density at radius 2 is 1.95 bits per heavy atom. The summed E-state index contributed by atoms with van der Waals surface area (Å²) < 4.78 is 0. The zero-order chi connectivity index (χ0) is 15.4. The summed E-state index contributed by atoms with van der Waals surface area (Å²) in [6, 6.07) is 15.3. The van der Waals surface area contributed by atoms with E-state index in [0.29, 0.717) is 12.0 Å². The van der Waals surface area contributed by atoms with Crippen molar-refractivity contribution in [3.63, 3.8) is 0 Å². The number of rotatable bonds is 3. The van der Waals surface area contributed by atoms with Gasteiger partial charge in [0, 0.05) is 12.7 Å². The molecular weight excluding hydrogens is 260 g/mol. The summed E-state index contributed by atoms with van der Waals surface area (Å²) in [6.07, 6.45) is 0.362. The van der Waals surface area contributed by atoms with Gasteiger partial charge >= 0.3 is 0 Å². The lowest BCUT2D eigenvalue weighted by Crippen LogP contribution is -2.28. The van der Waals surface area contributed by atoms with Crippen LogP contribution in [0.3, 0.4) is 0 Å². The van der Waals surface area contributed by atoms with E-state index < -0.39 is 0 Å². The Bertz CT molecular complexity index is 713. The number of nitriles is 1. The van der Waals surface area contributed by atoms with Crippen molar-refractivity contribution in [1.82, 2.24) is 0 Å². The van der Waals surface area contributed by atoms with Gasteiger partial charge in [0.1, 0.15) is 0 Å². The van der Waals surface area contributed by atoms with E-state index >= 15 is 0 Å². The van der Waals surface area contributed by atoms with Gasteiger partial charge in [0.15, 0.2) is 0 Å². The first kappa shape index (κ1) is 14.8. The summed E-state index contributed by atoms with van der Waals surface area (Å²) in [4.78, 5) is 14.0. The summed E-state index contributed by atoms with van der Waals surface area (Å²) in [6.45, 7) is 4.03. The zero-order valence-electron chi connectivity index (χ0n) is 12.6. The number of anilines is 1. The number of carbonyl (C=O) groups is 1. The molecular formula is C18H18N2O. The van der Waals surface area contributed by atoms with Crippen LogP contribution in [0.25, 0.3) is 0 Å².